The number of nitrogens with zero attached hydrogens (tertiary/aromatic N) is 2. The van der Waals surface area contributed by atoms with E-state index in [1.807, 2.05) is 47.4 Å². The second-order valence-corrected chi connectivity index (χ2v) is 6.21. The van der Waals surface area contributed by atoms with Crippen LogP contribution in [0.5, 0.6) is 5.75 Å². The highest BCUT2D eigenvalue weighted by molar-refractivity contribution is 5.95. The van der Waals surface area contributed by atoms with E-state index in [-0.39, 0.29) is 11.8 Å². The summed E-state index contributed by atoms with van der Waals surface area (Å²) in [7, 11) is 1.59. The summed E-state index contributed by atoms with van der Waals surface area (Å²) in [5, 5.41) is 2.89. The maximum absolute atomic E-state index is 12.6. The third-order valence-corrected chi connectivity index (χ3v) is 4.40. The van der Waals surface area contributed by atoms with Gasteiger partial charge in [0.1, 0.15) is 5.75 Å². The van der Waals surface area contributed by atoms with Gasteiger partial charge >= 0.3 is 0 Å². The Labute approximate surface area is 153 Å². The van der Waals surface area contributed by atoms with Crippen LogP contribution >= 0.6 is 0 Å². The van der Waals surface area contributed by atoms with Gasteiger partial charge < -0.3 is 15.0 Å². The molecule has 0 bridgehead atoms. The first-order valence-corrected chi connectivity index (χ1v) is 8.66. The van der Waals surface area contributed by atoms with E-state index in [0.717, 1.165) is 5.69 Å². The van der Waals surface area contributed by atoms with Crippen molar-refractivity contribution in [2.24, 2.45) is 0 Å². The number of ether oxygens (including phenoxy) is 1. The van der Waals surface area contributed by atoms with Crippen molar-refractivity contribution in [2.45, 2.75) is 0 Å². The number of carbonyl (C=O) groups is 2. The standard InChI is InChI=1S/C20H23N3O3/c1-26-18-9-5-6-16(14-18)20(25)23-12-10-22(11-13-23)15-19(24)21-17-7-3-2-4-8-17/h2-9,14H,10-13,15H2,1H3,(H,21,24). The third kappa shape index (κ3) is 4.61. The lowest BCUT2D eigenvalue weighted by atomic mass is 10.1. The fraction of sp³-hybridized carbons (Fsp3) is 0.300. The molecule has 1 heterocycles. The lowest BCUT2D eigenvalue weighted by Crippen LogP contribution is -2.50. The molecule has 2 aromatic carbocycles. The van der Waals surface area contributed by atoms with E-state index in [4.69, 9.17) is 4.74 Å². The summed E-state index contributed by atoms with van der Waals surface area (Å²) >= 11 is 0. The predicted molar refractivity (Wildman–Crippen MR) is 100 cm³/mol. The van der Waals surface area contributed by atoms with Crippen LogP contribution in [-0.2, 0) is 4.79 Å². The Bertz CT molecular complexity index is 756. The smallest absolute Gasteiger partial charge is 0.254 e. The minimum atomic E-state index is -0.0382. The van der Waals surface area contributed by atoms with Crippen LogP contribution in [0.2, 0.25) is 0 Å². The molecule has 1 fully saturated rings. The minimum absolute atomic E-state index is 0.00251. The topological polar surface area (TPSA) is 61.9 Å². The van der Waals surface area contributed by atoms with Crippen LogP contribution in [-0.4, -0.2) is 61.4 Å². The molecule has 0 saturated carbocycles. The molecule has 0 unspecified atom stereocenters. The van der Waals surface area contributed by atoms with E-state index in [1.54, 1.807) is 19.2 Å². The highest BCUT2D eigenvalue weighted by Gasteiger charge is 2.23. The summed E-state index contributed by atoms with van der Waals surface area (Å²) in [6, 6.07) is 16.6. The number of anilines is 1. The highest BCUT2D eigenvalue weighted by Crippen LogP contribution is 2.15. The molecule has 136 valence electrons. The van der Waals surface area contributed by atoms with Gasteiger partial charge in [0.05, 0.1) is 13.7 Å². The molecule has 0 aliphatic carbocycles. The molecule has 1 aliphatic heterocycles. The van der Waals surface area contributed by atoms with Crippen LogP contribution in [0.15, 0.2) is 54.6 Å². The molecule has 3 rings (SSSR count). The lowest BCUT2D eigenvalue weighted by molar-refractivity contribution is -0.117. The van der Waals surface area contributed by atoms with Crippen LogP contribution in [0.1, 0.15) is 10.4 Å². The molecule has 0 radical (unpaired) electrons. The number of hydrogen-bond donors (Lipinski definition) is 1. The summed E-state index contributed by atoms with van der Waals surface area (Å²) in [5.74, 6) is 0.633. The second kappa shape index (κ2) is 8.49. The number of rotatable bonds is 5. The van der Waals surface area contributed by atoms with Crippen LogP contribution in [0, 0.1) is 0 Å². The first-order valence-electron chi connectivity index (χ1n) is 8.66. The van der Waals surface area contributed by atoms with Crippen molar-refractivity contribution < 1.29 is 14.3 Å². The largest absolute Gasteiger partial charge is 0.497 e. The zero-order valence-electron chi connectivity index (χ0n) is 14.9. The third-order valence-electron chi connectivity index (χ3n) is 4.40. The molecule has 0 atom stereocenters. The number of amides is 2. The molecule has 2 aromatic rings. The van der Waals surface area contributed by atoms with Crippen molar-refractivity contribution in [2.75, 3.05) is 45.2 Å². The highest BCUT2D eigenvalue weighted by atomic mass is 16.5. The summed E-state index contributed by atoms with van der Waals surface area (Å²) in [6.45, 7) is 2.90. The average molecular weight is 353 g/mol. The predicted octanol–water partition coefficient (Wildman–Crippen LogP) is 2.09. The Morgan fingerprint density at radius 3 is 2.42 bits per heavy atom. The first-order chi connectivity index (χ1) is 12.7. The van der Waals surface area contributed by atoms with Crippen LogP contribution in [0.25, 0.3) is 0 Å². The summed E-state index contributed by atoms with van der Waals surface area (Å²) < 4.78 is 5.18. The normalized spacial score (nSPS) is 14.7. The first kappa shape index (κ1) is 17.9. The maximum atomic E-state index is 12.6. The summed E-state index contributed by atoms with van der Waals surface area (Å²) in [6.07, 6.45) is 0. The van der Waals surface area contributed by atoms with E-state index in [9.17, 15) is 9.59 Å². The monoisotopic (exact) mass is 353 g/mol. The van der Waals surface area contributed by atoms with Crippen molar-refractivity contribution in [3.8, 4) is 5.75 Å². The molecule has 6 heteroatoms. The minimum Gasteiger partial charge on any atom is -0.497 e. The summed E-state index contributed by atoms with van der Waals surface area (Å²) in [4.78, 5) is 28.6. The van der Waals surface area contributed by atoms with E-state index >= 15 is 0 Å². The molecule has 1 N–H and O–H groups in total. The number of methoxy groups -OCH3 is 1. The Morgan fingerprint density at radius 1 is 1.00 bits per heavy atom. The molecule has 1 aliphatic rings. The van der Waals surface area contributed by atoms with Crippen molar-refractivity contribution >= 4 is 17.5 Å². The van der Waals surface area contributed by atoms with Crippen molar-refractivity contribution in [1.82, 2.24) is 9.80 Å². The van der Waals surface area contributed by atoms with Gasteiger partial charge in [0.25, 0.3) is 5.91 Å². The Kier molecular flexibility index (Phi) is 5.86. The number of para-hydroxylation sites is 1. The number of carbonyl (C=O) groups excluding carboxylic acids is 2. The molecular weight excluding hydrogens is 330 g/mol. The lowest BCUT2D eigenvalue weighted by Gasteiger charge is -2.34. The molecule has 1 saturated heterocycles. The van der Waals surface area contributed by atoms with Gasteiger partial charge in [0, 0.05) is 37.4 Å². The van der Waals surface area contributed by atoms with Gasteiger partial charge in [-0.15, -0.1) is 0 Å². The van der Waals surface area contributed by atoms with Crippen molar-refractivity contribution in [3.63, 3.8) is 0 Å². The van der Waals surface area contributed by atoms with Crippen LogP contribution < -0.4 is 10.1 Å². The molecular formula is C20H23N3O3. The molecule has 0 aromatic heterocycles. The summed E-state index contributed by atoms with van der Waals surface area (Å²) in [5.41, 5.74) is 1.42. The maximum Gasteiger partial charge on any atom is 0.254 e. The van der Waals surface area contributed by atoms with Gasteiger partial charge in [-0.1, -0.05) is 24.3 Å². The fourth-order valence-electron chi connectivity index (χ4n) is 2.97. The van der Waals surface area contributed by atoms with Crippen LogP contribution in [0.4, 0.5) is 5.69 Å². The van der Waals surface area contributed by atoms with Gasteiger partial charge in [-0.25, -0.2) is 0 Å². The quantitative estimate of drug-likeness (QED) is 0.894. The van der Waals surface area contributed by atoms with Gasteiger partial charge in [-0.2, -0.15) is 0 Å². The number of benzene rings is 2. The van der Waals surface area contributed by atoms with E-state index in [1.165, 1.54) is 0 Å². The number of piperazine rings is 1. The molecule has 6 nitrogen and oxygen atoms in total. The Balaban J connectivity index is 1.49. The Morgan fingerprint density at radius 2 is 1.73 bits per heavy atom. The van der Waals surface area contributed by atoms with Gasteiger partial charge in [0.15, 0.2) is 0 Å². The SMILES string of the molecule is COc1cccc(C(=O)N2CCN(CC(=O)Nc3ccccc3)CC2)c1. The van der Waals surface area contributed by atoms with E-state index in [2.05, 4.69) is 10.2 Å². The fourth-order valence-corrected chi connectivity index (χ4v) is 2.97. The molecule has 2 amide bonds. The number of nitrogens with one attached hydrogen (secondary N) is 1. The van der Waals surface area contributed by atoms with Gasteiger partial charge in [-0.3, -0.25) is 14.5 Å². The van der Waals surface area contributed by atoms with Gasteiger partial charge in [-0.05, 0) is 30.3 Å². The van der Waals surface area contributed by atoms with Crippen molar-refractivity contribution in [3.05, 3.63) is 60.2 Å². The zero-order valence-corrected chi connectivity index (χ0v) is 14.9. The van der Waals surface area contributed by atoms with Gasteiger partial charge in [0.2, 0.25) is 5.91 Å². The zero-order chi connectivity index (χ0) is 18.4. The average Bonchev–Trinajstić information content (AvgIpc) is 2.69. The van der Waals surface area contributed by atoms with Crippen molar-refractivity contribution in [1.29, 1.82) is 0 Å². The van der Waals surface area contributed by atoms with E-state index < -0.39 is 0 Å². The molecule has 26 heavy (non-hydrogen) atoms. The van der Waals surface area contributed by atoms with Crippen LogP contribution in [0.3, 0.4) is 0 Å². The number of hydrogen-bond acceptors (Lipinski definition) is 4. The molecule has 0 spiro atoms. The van der Waals surface area contributed by atoms with E-state index in [0.29, 0.717) is 44.0 Å². The second-order valence-electron chi connectivity index (χ2n) is 6.21. The Hall–Kier alpha value is -2.86.